The second-order valence-electron chi connectivity index (χ2n) is 9.67. The van der Waals surface area contributed by atoms with Crippen molar-refractivity contribution in [2.75, 3.05) is 39.5 Å². The first-order valence-corrected chi connectivity index (χ1v) is 14.1. The molecule has 210 valence electrons. The number of benzene rings is 2. The maximum Gasteiger partial charge on any atom is 0.223 e. The van der Waals surface area contributed by atoms with Crippen LogP contribution in [0.3, 0.4) is 0 Å². The molecule has 0 aromatic heterocycles. The number of carbonyl (C=O) groups excluding carboxylic acids is 1. The molecule has 5 atom stereocenters. The van der Waals surface area contributed by atoms with Gasteiger partial charge in [0.25, 0.3) is 0 Å². The molecule has 1 fully saturated rings. The highest BCUT2D eigenvalue weighted by Gasteiger charge is 2.43. The molecule has 1 aliphatic rings. The Morgan fingerprint density at radius 1 is 1.15 bits per heavy atom. The Morgan fingerprint density at radius 2 is 1.90 bits per heavy atom. The fourth-order valence-electron chi connectivity index (χ4n) is 4.32. The molecule has 0 radical (unpaired) electrons. The zero-order valence-corrected chi connectivity index (χ0v) is 23.5. The second kappa shape index (κ2) is 15.0. The molecule has 1 unspecified atom stereocenters. The van der Waals surface area contributed by atoms with Gasteiger partial charge in [0, 0.05) is 19.3 Å². The van der Waals surface area contributed by atoms with Crippen molar-refractivity contribution in [2.24, 2.45) is 0 Å². The minimum Gasteiger partial charge on any atom is -0.493 e. The lowest BCUT2D eigenvalue weighted by Gasteiger charge is -2.39. The van der Waals surface area contributed by atoms with E-state index in [0.717, 1.165) is 22.3 Å². The van der Waals surface area contributed by atoms with Gasteiger partial charge in [-0.15, -0.1) is 17.6 Å². The first kappa shape index (κ1) is 30.6. The molecule has 39 heavy (non-hydrogen) atoms. The molecule has 9 heteroatoms. The molecule has 1 heterocycles. The Balaban J connectivity index is 1.55. The van der Waals surface area contributed by atoms with E-state index in [2.05, 4.69) is 16.4 Å². The number of aliphatic hydroxyl groups is 3. The molecule has 3 rings (SSSR count). The lowest BCUT2D eigenvalue weighted by molar-refractivity contribution is -0.209. The number of terminal acetylenes is 1. The Morgan fingerprint density at radius 3 is 2.59 bits per heavy atom. The molecule has 0 aliphatic carbocycles. The zero-order valence-electron chi connectivity index (χ0n) is 22.7. The third-order valence-corrected chi connectivity index (χ3v) is 7.11. The molecule has 1 aliphatic heterocycles. The number of aliphatic hydroxyl groups excluding tert-OH is 3. The van der Waals surface area contributed by atoms with Gasteiger partial charge in [0.1, 0.15) is 36.3 Å². The van der Waals surface area contributed by atoms with E-state index in [1.807, 2.05) is 61.3 Å². The summed E-state index contributed by atoms with van der Waals surface area (Å²) in [5.41, 5.74) is 3.93. The van der Waals surface area contributed by atoms with Crippen LogP contribution in [-0.4, -0.2) is 90.1 Å². The predicted octanol–water partition coefficient (Wildman–Crippen LogP) is 1.88. The Hall–Kier alpha value is -2.93. The quantitative estimate of drug-likeness (QED) is 0.314. The van der Waals surface area contributed by atoms with Crippen molar-refractivity contribution in [1.82, 2.24) is 10.2 Å². The van der Waals surface area contributed by atoms with E-state index >= 15 is 0 Å². The van der Waals surface area contributed by atoms with Crippen LogP contribution in [-0.2, 0) is 16.0 Å². The molecular weight excluding hydrogens is 516 g/mol. The van der Waals surface area contributed by atoms with Gasteiger partial charge in [0.05, 0.1) is 19.6 Å². The van der Waals surface area contributed by atoms with Gasteiger partial charge in [-0.05, 0) is 54.8 Å². The third kappa shape index (κ3) is 8.79. The van der Waals surface area contributed by atoms with Gasteiger partial charge < -0.3 is 30.1 Å². The SMILES string of the molecule is C#CCN(C)CCNC(=O)CCOc1ccc(Cc2cc([C@@H]3OC(C#SC)[C@@H](O)[C@H](O)[C@H]3O)ccc2C)cc1. The number of hydrogen-bond donors (Lipinski definition) is 4. The van der Waals surface area contributed by atoms with Crippen LogP contribution in [0.15, 0.2) is 42.5 Å². The summed E-state index contributed by atoms with van der Waals surface area (Å²) in [6.45, 7) is 4.07. The van der Waals surface area contributed by atoms with Crippen LogP contribution < -0.4 is 10.1 Å². The summed E-state index contributed by atoms with van der Waals surface area (Å²) in [5, 5.41) is 37.0. The molecular formula is C30H38N2O6S. The summed E-state index contributed by atoms with van der Waals surface area (Å²) in [7, 11) is 1.91. The number of ether oxygens (including phenoxy) is 2. The van der Waals surface area contributed by atoms with Crippen LogP contribution in [0.5, 0.6) is 5.75 Å². The maximum atomic E-state index is 12.0. The monoisotopic (exact) mass is 554 g/mol. The molecule has 1 saturated heterocycles. The summed E-state index contributed by atoms with van der Waals surface area (Å²) in [5.74, 6) is 3.18. The highest BCUT2D eigenvalue weighted by molar-refractivity contribution is 7.87. The maximum absolute atomic E-state index is 12.0. The molecule has 1 amide bonds. The number of amides is 1. The van der Waals surface area contributed by atoms with E-state index in [4.69, 9.17) is 15.9 Å². The normalized spacial score (nSPS) is 22.6. The number of rotatable bonds is 11. The van der Waals surface area contributed by atoms with Crippen LogP contribution in [0.4, 0.5) is 0 Å². The summed E-state index contributed by atoms with van der Waals surface area (Å²) in [6.07, 6.45) is 2.54. The van der Waals surface area contributed by atoms with E-state index < -0.39 is 30.5 Å². The minimum atomic E-state index is -1.34. The summed E-state index contributed by atoms with van der Waals surface area (Å²) in [6, 6.07) is 13.5. The Kier molecular flexibility index (Phi) is 11.8. The highest BCUT2D eigenvalue weighted by Crippen LogP contribution is 2.33. The van der Waals surface area contributed by atoms with Gasteiger partial charge in [0.2, 0.25) is 5.91 Å². The summed E-state index contributed by atoms with van der Waals surface area (Å²) >= 11 is 1.27. The zero-order chi connectivity index (χ0) is 28.4. The molecule has 4 N–H and O–H groups in total. The van der Waals surface area contributed by atoms with Gasteiger partial charge >= 0.3 is 0 Å². The number of nitrogens with one attached hydrogen (secondary N) is 1. The van der Waals surface area contributed by atoms with Crippen LogP contribution >= 0.6 is 11.2 Å². The molecule has 2 aromatic rings. The van der Waals surface area contributed by atoms with Crippen LogP contribution in [0.2, 0.25) is 0 Å². The summed E-state index contributed by atoms with van der Waals surface area (Å²) < 4.78 is 11.7. The molecule has 2 aromatic carbocycles. The van der Waals surface area contributed by atoms with Gasteiger partial charge in [0.15, 0.2) is 0 Å². The number of likely N-dealkylation sites (N-methyl/N-ethyl adjacent to an activating group) is 1. The first-order chi connectivity index (χ1) is 18.7. The van der Waals surface area contributed by atoms with Crippen LogP contribution in [0.25, 0.3) is 0 Å². The molecule has 0 spiro atoms. The Labute approximate surface area is 234 Å². The fourth-order valence-corrected chi connectivity index (χ4v) is 4.75. The summed E-state index contributed by atoms with van der Waals surface area (Å²) in [4.78, 5) is 14.0. The van der Waals surface area contributed by atoms with Gasteiger partial charge in [-0.2, -0.15) is 0 Å². The largest absolute Gasteiger partial charge is 0.493 e. The van der Waals surface area contributed by atoms with Crippen molar-refractivity contribution in [1.29, 1.82) is 0 Å². The minimum absolute atomic E-state index is 0.0688. The average molecular weight is 555 g/mol. The molecule has 0 bridgehead atoms. The van der Waals surface area contributed by atoms with Gasteiger partial charge in [-0.1, -0.05) is 41.4 Å². The van der Waals surface area contributed by atoms with E-state index in [1.54, 1.807) is 6.26 Å². The van der Waals surface area contributed by atoms with Crippen molar-refractivity contribution in [3.8, 4) is 23.3 Å². The van der Waals surface area contributed by atoms with Crippen LogP contribution in [0, 0.1) is 24.5 Å². The van der Waals surface area contributed by atoms with E-state index in [1.165, 1.54) is 11.2 Å². The molecule has 8 nitrogen and oxygen atoms in total. The average Bonchev–Trinajstić information content (AvgIpc) is 2.91. The topological polar surface area (TPSA) is 111 Å². The second-order valence-corrected chi connectivity index (χ2v) is 10.3. The Bertz CT molecular complexity index is 1200. The van der Waals surface area contributed by atoms with Crippen molar-refractivity contribution in [2.45, 2.75) is 50.3 Å². The number of carbonyl (C=O) groups is 1. The van der Waals surface area contributed by atoms with Gasteiger partial charge in [-0.25, -0.2) is 0 Å². The molecule has 0 saturated carbocycles. The van der Waals surface area contributed by atoms with Crippen molar-refractivity contribution < 1.29 is 29.6 Å². The van der Waals surface area contributed by atoms with Crippen molar-refractivity contribution in [3.05, 3.63) is 64.7 Å². The smallest absolute Gasteiger partial charge is 0.223 e. The van der Waals surface area contributed by atoms with E-state index in [0.29, 0.717) is 31.8 Å². The number of hydrogen-bond acceptors (Lipinski definition) is 7. The van der Waals surface area contributed by atoms with Crippen molar-refractivity contribution in [3.63, 3.8) is 0 Å². The van der Waals surface area contributed by atoms with Crippen LogP contribution in [0.1, 0.15) is 34.8 Å². The number of aryl methyl sites for hydroxylation is 1. The third-order valence-electron chi connectivity index (χ3n) is 6.64. The predicted molar refractivity (Wildman–Crippen MR) is 153 cm³/mol. The van der Waals surface area contributed by atoms with Crippen molar-refractivity contribution >= 4 is 17.1 Å². The number of nitrogens with zero attached hydrogens (tertiary/aromatic N) is 1. The van der Waals surface area contributed by atoms with Gasteiger partial charge in [-0.3, -0.25) is 9.69 Å². The standard InChI is InChI=1S/C30H38N2O6S/c1-5-14-32(3)15-13-31-26(33)12-16-37-24-10-7-21(8-11-24)17-23-18-22(9-6-20(23)2)30-29(36)28(35)27(34)25(38-30)19-39-4/h1,6-11,18,25,27-30,34-36H,12-17H2,2-4H3,(H,31,33)/t25?,27-,28+,29-,30+/m1/s1. The fraction of sp³-hybridized carbons (Fsp3) is 0.467. The lowest BCUT2D eigenvalue weighted by atomic mass is 9.89. The van der Waals surface area contributed by atoms with E-state index in [9.17, 15) is 20.1 Å². The first-order valence-electron chi connectivity index (χ1n) is 12.9. The lowest BCUT2D eigenvalue weighted by Crippen LogP contribution is -2.53. The highest BCUT2D eigenvalue weighted by atomic mass is 32.1. The van der Waals surface area contributed by atoms with E-state index in [-0.39, 0.29) is 18.9 Å².